The number of hydrogen-bond donors (Lipinski definition) is 2. The van der Waals surface area contributed by atoms with Crippen molar-refractivity contribution in [1.82, 2.24) is 5.43 Å². The van der Waals surface area contributed by atoms with E-state index in [4.69, 9.17) is 12.2 Å². The second kappa shape index (κ2) is 6.08. The van der Waals surface area contributed by atoms with Gasteiger partial charge in [0.2, 0.25) is 0 Å². The Labute approximate surface area is 144 Å². The molecule has 1 saturated carbocycles. The summed E-state index contributed by atoms with van der Waals surface area (Å²) in [7, 11) is 0. The van der Waals surface area contributed by atoms with Crippen molar-refractivity contribution in [2.45, 2.75) is 40.5 Å². The van der Waals surface area contributed by atoms with Crippen LogP contribution in [0.15, 0.2) is 34.9 Å². The molecule has 0 unspecified atom stereocenters. The number of benzene rings is 1. The zero-order valence-electron chi connectivity index (χ0n) is 14.3. The first-order valence-electron chi connectivity index (χ1n) is 8.25. The fraction of sp³-hybridized carbons (Fsp3) is 0.474. The molecule has 4 rings (SSSR count). The molecule has 0 radical (unpaired) electrons. The molecule has 0 aliphatic heterocycles. The van der Waals surface area contributed by atoms with Crippen LogP contribution < -0.4 is 10.7 Å². The number of hydrogen-bond acceptors (Lipinski definition) is 2. The molecular weight excluding hydrogens is 302 g/mol. The SMILES string of the molecule is Cc1ccc(C)c(NC(=S)N/N=C\C2=CC[C@H]3C[C@H]2C3(C)C)c1. The van der Waals surface area contributed by atoms with Crippen molar-refractivity contribution < 1.29 is 0 Å². The highest BCUT2D eigenvalue weighted by atomic mass is 32.1. The average molecular weight is 327 g/mol. The number of rotatable bonds is 3. The standard InChI is InChI=1S/C19H25N3S/c1-12-5-6-13(2)17(9-12)21-18(23)22-20-11-14-7-8-15-10-16(14)19(15,3)4/h5-7,9,11,15-16H,8,10H2,1-4H3,(H2,21,22,23)/b20-11-/t15-,16+/m0/s1. The van der Waals surface area contributed by atoms with Crippen molar-refractivity contribution in [2.24, 2.45) is 22.4 Å². The van der Waals surface area contributed by atoms with E-state index in [1.54, 1.807) is 0 Å². The number of allylic oxidation sites excluding steroid dienone is 2. The summed E-state index contributed by atoms with van der Waals surface area (Å²) in [6.45, 7) is 8.87. The van der Waals surface area contributed by atoms with Gasteiger partial charge in [0.05, 0.1) is 6.21 Å². The molecule has 2 bridgehead atoms. The Hall–Kier alpha value is -1.68. The van der Waals surface area contributed by atoms with E-state index >= 15 is 0 Å². The predicted molar refractivity (Wildman–Crippen MR) is 102 cm³/mol. The summed E-state index contributed by atoms with van der Waals surface area (Å²) in [5.74, 6) is 1.50. The van der Waals surface area contributed by atoms with Gasteiger partial charge in [0.15, 0.2) is 5.11 Å². The Morgan fingerprint density at radius 1 is 1.35 bits per heavy atom. The van der Waals surface area contributed by atoms with Crippen LogP contribution in [-0.2, 0) is 0 Å². The molecule has 4 heteroatoms. The van der Waals surface area contributed by atoms with Crippen molar-refractivity contribution in [3.8, 4) is 0 Å². The molecule has 1 fully saturated rings. The smallest absolute Gasteiger partial charge is 0.191 e. The lowest BCUT2D eigenvalue weighted by molar-refractivity contribution is -0.00126. The molecule has 122 valence electrons. The van der Waals surface area contributed by atoms with E-state index < -0.39 is 0 Å². The van der Waals surface area contributed by atoms with Crippen LogP contribution >= 0.6 is 12.2 Å². The highest BCUT2D eigenvalue weighted by molar-refractivity contribution is 7.80. The van der Waals surface area contributed by atoms with Gasteiger partial charge in [-0.3, -0.25) is 5.43 Å². The average Bonchev–Trinajstić information content (AvgIpc) is 2.51. The number of nitrogens with zero attached hydrogens (tertiary/aromatic N) is 1. The number of thiocarbonyl (C=S) groups is 1. The molecule has 1 aromatic rings. The summed E-state index contributed by atoms with van der Waals surface area (Å²) in [6, 6.07) is 6.28. The summed E-state index contributed by atoms with van der Waals surface area (Å²) in [4.78, 5) is 0. The molecule has 3 aliphatic rings. The highest BCUT2D eigenvalue weighted by Gasteiger charge is 2.50. The molecule has 0 saturated heterocycles. The van der Waals surface area contributed by atoms with Crippen LogP contribution in [0.25, 0.3) is 0 Å². The van der Waals surface area contributed by atoms with E-state index in [-0.39, 0.29) is 0 Å². The van der Waals surface area contributed by atoms with Crippen LogP contribution in [0.5, 0.6) is 0 Å². The van der Waals surface area contributed by atoms with Crippen LogP contribution in [0, 0.1) is 31.1 Å². The zero-order chi connectivity index (χ0) is 16.6. The maximum Gasteiger partial charge on any atom is 0.191 e. The molecule has 2 N–H and O–H groups in total. The fourth-order valence-corrected chi connectivity index (χ4v) is 3.89. The number of anilines is 1. The molecule has 0 heterocycles. The van der Waals surface area contributed by atoms with Gasteiger partial charge < -0.3 is 5.32 Å². The van der Waals surface area contributed by atoms with Gasteiger partial charge in [-0.25, -0.2) is 0 Å². The maximum atomic E-state index is 5.33. The van der Waals surface area contributed by atoms with Gasteiger partial charge in [0, 0.05) is 5.69 Å². The summed E-state index contributed by atoms with van der Waals surface area (Å²) in [5, 5.41) is 8.08. The Bertz CT molecular complexity index is 688. The van der Waals surface area contributed by atoms with Crippen molar-refractivity contribution in [1.29, 1.82) is 0 Å². The normalized spacial score (nSPS) is 24.8. The van der Waals surface area contributed by atoms with E-state index in [1.165, 1.54) is 29.5 Å². The third-order valence-electron chi connectivity index (χ3n) is 5.53. The van der Waals surface area contributed by atoms with Gasteiger partial charge in [0.25, 0.3) is 0 Å². The van der Waals surface area contributed by atoms with Gasteiger partial charge in [-0.15, -0.1) is 0 Å². The van der Waals surface area contributed by atoms with Crippen LogP contribution in [0.3, 0.4) is 0 Å². The summed E-state index contributed by atoms with van der Waals surface area (Å²) >= 11 is 5.33. The minimum absolute atomic E-state index is 0.424. The number of hydrazone groups is 1. The van der Waals surface area contributed by atoms with Gasteiger partial charge in [0.1, 0.15) is 0 Å². The Balaban J connectivity index is 1.57. The monoisotopic (exact) mass is 327 g/mol. The third kappa shape index (κ3) is 3.18. The van der Waals surface area contributed by atoms with Gasteiger partial charge >= 0.3 is 0 Å². The van der Waals surface area contributed by atoms with Crippen LogP contribution in [0.4, 0.5) is 5.69 Å². The second-order valence-electron chi connectivity index (χ2n) is 7.39. The first-order chi connectivity index (χ1) is 10.9. The zero-order valence-corrected chi connectivity index (χ0v) is 15.1. The molecule has 1 aromatic carbocycles. The number of aryl methyl sites for hydroxylation is 2. The van der Waals surface area contributed by atoms with E-state index in [1.807, 2.05) is 6.21 Å². The first-order valence-corrected chi connectivity index (χ1v) is 8.66. The van der Waals surface area contributed by atoms with Gasteiger partial charge in [-0.2, -0.15) is 5.10 Å². The predicted octanol–water partition coefficient (Wildman–Crippen LogP) is 4.57. The van der Waals surface area contributed by atoms with E-state index in [9.17, 15) is 0 Å². The van der Waals surface area contributed by atoms with Gasteiger partial charge in [-0.05, 0) is 78.9 Å². The molecule has 3 nitrogen and oxygen atoms in total. The van der Waals surface area contributed by atoms with E-state index in [0.29, 0.717) is 16.4 Å². The highest BCUT2D eigenvalue weighted by Crippen LogP contribution is 2.58. The minimum atomic E-state index is 0.424. The molecule has 23 heavy (non-hydrogen) atoms. The number of fused-ring (bicyclic) bond motifs is 1. The third-order valence-corrected chi connectivity index (χ3v) is 5.73. The van der Waals surface area contributed by atoms with Crippen LogP contribution in [0.1, 0.15) is 37.8 Å². The molecule has 0 aromatic heterocycles. The van der Waals surface area contributed by atoms with E-state index in [0.717, 1.165) is 11.6 Å². The summed E-state index contributed by atoms with van der Waals surface area (Å²) in [6.07, 6.45) is 6.75. The maximum absolute atomic E-state index is 5.33. The molecule has 0 spiro atoms. The molecule has 2 atom stereocenters. The van der Waals surface area contributed by atoms with Crippen LogP contribution in [0.2, 0.25) is 0 Å². The lowest BCUT2D eigenvalue weighted by Gasteiger charge is -2.55. The minimum Gasteiger partial charge on any atom is -0.331 e. The van der Waals surface area contributed by atoms with Crippen molar-refractivity contribution >= 4 is 29.2 Å². The summed E-state index contributed by atoms with van der Waals surface area (Å²) < 4.78 is 0. The van der Waals surface area contributed by atoms with Crippen molar-refractivity contribution in [2.75, 3.05) is 5.32 Å². The summed E-state index contributed by atoms with van der Waals surface area (Å²) in [5.41, 5.74) is 8.11. The Morgan fingerprint density at radius 3 is 2.83 bits per heavy atom. The molecule has 3 aliphatic carbocycles. The van der Waals surface area contributed by atoms with Crippen molar-refractivity contribution in [3.63, 3.8) is 0 Å². The quantitative estimate of drug-likeness (QED) is 0.485. The fourth-order valence-electron chi connectivity index (χ4n) is 3.73. The Morgan fingerprint density at radius 2 is 2.13 bits per heavy atom. The topological polar surface area (TPSA) is 36.4 Å². The first kappa shape index (κ1) is 16.2. The Kier molecular flexibility index (Phi) is 4.28. The van der Waals surface area contributed by atoms with E-state index in [2.05, 4.69) is 67.8 Å². The molecular formula is C19H25N3S. The molecule has 0 amide bonds. The second-order valence-corrected chi connectivity index (χ2v) is 7.80. The lowest BCUT2D eigenvalue weighted by atomic mass is 9.49. The number of nitrogens with one attached hydrogen (secondary N) is 2. The lowest BCUT2D eigenvalue weighted by Crippen LogP contribution is -2.48. The van der Waals surface area contributed by atoms with Crippen molar-refractivity contribution in [3.05, 3.63) is 41.0 Å². The largest absolute Gasteiger partial charge is 0.331 e. The van der Waals surface area contributed by atoms with Crippen LogP contribution in [-0.4, -0.2) is 11.3 Å². The van der Waals surface area contributed by atoms with Gasteiger partial charge in [-0.1, -0.05) is 32.1 Å².